The molecule has 36 heavy (non-hydrogen) atoms. The van der Waals surface area contributed by atoms with Crippen molar-refractivity contribution in [1.29, 1.82) is 5.26 Å². The van der Waals surface area contributed by atoms with Crippen molar-refractivity contribution in [3.63, 3.8) is 0 Å². The second-order valence-electron chi connectivity index (χ2n) is 9.10. The molecule has 2 aliphatic heterocycles. The Morgan fingerprint density at radius 2 is 2.00 bits per heavy atom. The molecule has 1 amide bonds. The summed E-state index contributed by atoms with van der Waals surface area (Å²) in [7, 11) is 3.35. The lowest BCUT2D eigenvalue weighted by Crippen LogP contribution is -2.57. The Balaban J connectivity index is 1.63. The van der Waals surface area contributed by atoms with Gasteiger partial charge in [0.15, 0.2) is 0 Å². The van der Waals surface area contributed by atoms with Gasteiger partial charge < -0.3 is 19.9 Å². The number of amides is 1. The van der Waals surface area contributed by atoms with Gasteiger partial charge in [0.1, 0.15) is 11.5 Å². The number of carbonyl (C=O) groups is 1. The monoisotopic (exact) mass is 487 g/mol. The van der Waals surface area contributed by atoms with Crippen molar-refractivity contribution in [2.24, 2.45) is 15.9 Å². The number of benzene rings is 1. The Morgan fingerprint density at radius 3 is 2.67 bits per heavy atom. The van der Waals surface area contributed by atoms with Crippen LogP contribution in [-0.2, 0) is 0 Å². The first-order valence-electron chi connectivity index (χ1n) is 11.7. The van der Waals surface area contributed by atoms with Crippen LogP contribution in [-0.4, -0.2) is 81.3 Å². The van der Waals surface area contributed by atoms with Crippen LogP contribution in [0.5, 0.6) is 0 Å². The van der Waals surface area contributed by atoms with Crippen LogP contribution in [0.2, 0.25) is 0 Å². The number of aliphatic imine (C=N–C) groups is 1. The molecule has 1 unspecified atom stereocenters. The minimum Gasteiger partial charge on any atom is -0.428 e. The first kappa shape index (κ1) is 24.7. The molecule has 1 aromatic heterocycles. The number of pyridine rings is 1. The van der Waals surface area contributed by atoms with Crippen molar-refractivity contribution in [2.75, 3.05) is 38.6 Å². The van der Waals surface area contributed by atoms with E-state index in [1.54, 1.807) is 44.7 Å². The molecular formula is C25H29N9O2. The summed E-state index contributed by atoms with van der Waals surface area (Å²) in [6.07, 6.45) is 6.57. The van der Waals surface area contributed by atoms with Gasteiger partial charge in [0.05, 0.1) is 29.5 Å². The van der Waals surface area contributed by atoms with Gasteiger partial charge in [0, 0.05) is 45.5 Å². The van der Waals surface area contributed by atoms with Gasteiger partial charge in [-0.15, -0.1) is 4.99 Å². The Kier molecular flexibility index (Phi) is 7.15. The van der Waals surface area contributed by atoms with Crippen LogP contribution < -0.4 is 10.3 Å². The van der Waals surface area contributed by atoms with E-state index in [0.29, 0.717) is 48.2 Å². The zero-order chi connectivity index (χ0) is 25.8. The molecule has 1 N–H and O–H groups in total. The maximum absolute atomic E-state index is 12.1. The van der Waals surface area contributed by atoms with E-state index in [0.717, 1.165) is 10.3 Å². The Hall–Kier alpha value is -4.46. The number of guanidine groups is 1. The number of aromatic nitrogens is 3. The first-order valence-corrected chi connectivity index (χ1v) is 11.7. The summed E-state index contributed by atoms with van der Waals surface area (Å²) < 4.78 is 1.05. The molecule has 1 saturated heterocycles. The van der Waals surface area contributed by atoms with Gasteiger partial charge in [0.25, 0.3) is 5.91 Å². The van der Waals surface area contributed by atoms with Crippen LogP contribution >= 0.6 is 0 Å². The van der Waals surface area contributed by atoms with Crippen LogP contribution in [0.3, 0.4) is 0 Å². The van der Waals surface area contributed by atoms with Gasteiger partial charge in [-0.25, -0.2) is 15.0 Å². The van der Waals surface area contributed by atoms with E-state index < -0.39 is 0 Å². The lowest BCUT2D eigenvalue weighted by Gasteiger charge is -2.44. The third-order valence-electron chi connectivity index (χ3n) is 6.20. The van der Waals surface area contributed by atoms with Crippen LogP contribution in [0.1, 0.15) is 24.3 Å². The Morgan fingerprint density at radius 1 is 1.19 bits per heavy atom. The number of fused-ring (bicyclic) bond motifs is 1. The lowest BCUT2D eigenvalue weighted by molar-refractivity contribution is 0.0821. The van der Waals surface area contributed by atoms with Gasteiger partial charge in [-0.05, 0) is 30.2 Å². The minimum atomic E-state index is -0.196. The number of carbonyl (C=O) groups excluding carboxylic acids is 1. The summed E-state index contributed by atoms with van der Waals surface area (Å²) in [6.45, 7) is 6.03. The highest BCUT2D eigenvalue weighted by molar-refractivity contribution is 5.91. The maximum Gasteiger partial charge on any atom is 0.273 e. The number of rotatable bonds is 3. The molecule has 0 radical (unpaired) electrons. The fourth-order valence-electron chi connectivity index (χ4n) is 4.28. The fraction of sp³-hybridized carbons (Fsp3) is 0.360. The zero-order valence-electron chi connectivity index (χ0n) is 20.8. The van der Waals surface area contributed by atoms with Crippen molar-refractivity contribution in [3.05, 3.63) is 60.0 Å². The van der Waals surface area contributed by atoms with E-state index >= 15 is 0 Å². The van der Waals surface area contributed by atoms with Crippen LogP contribution in [0, 0.1) is 17.4 Å². The van der Waals surface area contributed by atoms with E-state index in [2.05, 4.69) is 38.6 Å². The number of nitriles is 1. The molecule has 0 bridgehead atoms. The SMILES string of the molecule is CC(C)C1CN(c2cnc(C(=O)N(C)C)cn2)CCN1C(=NC#N)N=c1cccc2n(O)cccc1-2. The smallest absolute Gasteiger partial charge is 0.273 e. The highest BCUT2D eigenvalue weighted by Crippen LogP contribution is 2.22. The van der Waals surface area contributed by atoms with Gasteiger partial charge in [-0.3, -0.25) is 4.79 Å². The van der Waals surface area contributed by atoms with Crippen LogP contribution in [0.15, 0.2) is 58.9 Å². The highest BCUT2D eigenvalue weighted by Gasteiger charge is 2.32. The molecular weight excluding hydrogens is 458 g/mol. The van der Waals surface area contributed by atoms with Crippen molar-refractivity contribution in [2.45, 2.75) is 19.9 Å². The predicted octanol–water partition coefficient (Wildman–Crippen LogP) is 1.91. The lowest BCUT2D eigenvalue weighted by atomic mass is 10.00. The number of hydrogen-bond acceptors (Lipinski definition) is 7. The summed E-state index contributed by atoms with van der Waals surface area (Å²) in [5.41, 5.74) is 1.65. The van der Waals surface area contributed by atoms with Gasteiger partial charge in [-0.2, -0.15) is 9.99 Å². The van der Waals surface area contributed by atoms with Crippen LogP contribution in [0.25, 0.3) is 11.3 Å². The summed E-state index contributed by atoms with van der Waals surface area (Å²) in [6, 6.07) is 9.03. The number of piperazine rings is 1. The first-order chi connectivity index (χ1) is 17.3. The zero-order valence-corrected chi connectivity index (χ0v) is 20.8. The van der Waals surface area contributed by atoms with Crippen LogP contribution in [0.4, 0.5) is 5.82 Å². The predicted molar refractivity (Wildman–Crippen MR) is 134 cm³/mol. The largest absolute Gasteiger partial charge is 0.428 e. The molecule has 0 aromatic carbocycles. The fourth-order valence-corrected chi connectivity index (χ4v) is 4.28. The molecule has 3 aliphatic rings. The average Bonchev–Trinajstić information content (AvgIpc) is 2.88. The maximum atomic E-state index is 12.1. The number of hydrogen-bond donors (Lipinski definition) is 1. The normalized spacial score (nSPS) is 16.9. The molecule has 11 heteroatoms. The molecule has 3 heterocycles. The molecule has 1 aliphatic carbocycles. The molecule has 4 rings (SSSR count). The highest BCUT2D eigenvalue weighted by atomic mass is 16.5. The third kappa shape index (κ3) is 4.98. The molecule has 1 atom stereocenters. The van der Waals surface area contributed by atoms with Crippen molar-refractivity contribution in [3.8, 4) is 17.5 Å². The molecule has 1 fully saturated rings. The molecule has 0 saturated carbocycles. The van der Waals surface area contributed by atoms with Gasteiger partial charge in [-0.1, -0.05) is 19.9 Å². The second-order valence-corrected chi connectivity index (χ2v) is 9.10. The second kappa shape index (κ2) is 10.4. The summed E-state index contributed by atoms with van der Waals surface area (Å²) in [5.74, 6) is 1.04. The molecule has 11 nitrogen and oxygen atoms in total. The van der Waals surface area contributed by atoms with E-state index in [-0.39, 0.29) is 17.9 Å². The quantitative estimate of drug-likeness (QED) is 0.259. The molecule has 0 spiro atoms. The van der Waals surface area contributed by atoms with E-state index in [4.69, 9.17) is 4.99 Å². The average molecular weight is 488 g/mol. The summed E-state index contributed by atoms with van der Waals surface area (Å²) >= 11 is 0. The topological polar surface area (TPSA) is 126 Å². The summed E-state index contributed by atoms with van der Waals surface area (Å²) in [5, 5.41) is 20.2. The van der Waals surface area contributed by atoms with Crippen molar-refractivity contribution >= 4 is 17.7 Å². The molecule has 1 aromatic rings. The standard InChI is InChI=1S/C25H29N9O2/c1-17(2)22-15-32(23-14-27-20(13-28-23)24(35)31(3)4)11-12-33(22)25(29-16-26)30-19-8-5-9-21-18(19)7-6-10-34(21)36/h5-10,13-14,17,22,36H,11-12,15H2,1-4H3. The van der Waals surface area contributed by atoms with E-state index in [1.807, 2.05) is 18.3 Å². The Bertz CT molecular complexity index is 1340. The number of anilines is 1. The Labute approximate surface area is 209 Å². The molecule has 186 valence electrons. The number of nitrogens with zero attached hydrogens (tertiary/aromatic N) is 9. The van der Waals surface area contributed by atoms with Crippen molar-refractivity contribution < 1.29 is 10.0 Å². The van der Waals surface area contributed by atoms with E-state index in [1.165, 1.54) is 11.1 Å². The van der Waals surface area contributed by atoms with Gasteiger partial charge >= 0.3 is 0 Å². The van der Waals surface area contributed by atoms with E-state index in [9.17, 15) is 15.3 Å². The summed E-state index contributed by atoms with van der Waals surface area (Å²) in [4.78, 5) is 35.4. The van der Waals surface area contributed by atoms with Crippen molar-refractivity contribution in [1.82, 2.24) is 24.5 Å². The minimum absolute atomic E-state index is 0.00256. The third-order valence-corrected chi connectivity index (χ3v) is 6.20. The van der Waals surface area contributed by atoms with Gasteiger partial charge in [0.2, 0.25) is 12.2 Å².